The van der Waals surface area contributed by atoms with Crippen molar-refractivity contribution in [1.29, 1.82) is 5.41 Å². The van der Waals surface area contributed by atoms with Crippen LogP contribution >= 0.6 is 0 Å². The van der Waals surface area contributed by atoms with Crippen LogP contribution in [0.1, 0.15) is 26.5 Å². The third kappa shape index (κ3) is 2.81. The molecule has 0 spiro atoms. The molecule has 0 amide bonds. The van der Waals surface area contributed by atoms with Crippen LogP contribution in [0.25, 0.3) is 10.8 Å². The number of nitrogens with zero attached hydrogens (tertiary/aromatic N) is 1. The number of allylic oxidation sites excluding steroid dienone is 2. The maximum Gasteiger partial charge on any atom is 0.0957 e. The van der Waals surface area contributed by atoms with Gasteiger partial charge in [0.15, 0.2) is 0 Å². The number of nitrogens with one attached hydrogen (secondary N) is 1. The van der Waals surface area contributed by atoms with Gasteiger partial charge in [0.1, 0.15) is 0 Å². The van der Waals surface area contributed by atoms with E-state index in [9.17, 15) is 0 Å². The smallest absolute Gasteiger partial charge is 0.0957 e. The normalized spacial score (nSPS) is 12.7. The van der Waals surface area contributed by atoms with Crippen LogP contribution in [0.5, 0.6) is 0 Å². The Balaban J connectivity index is 2.49. The van der Waals surface area contributed by atoms with Crippen molar-refractivity contribution in [3.05, 3.63) is 54.0 Å². The first-order valence-corrected chi connectivity index (χ1v) is 6.30. The first-order chi connectivity index (χ1) is 8.89. The second kappa shape index (κ2) is 4.84. The van der Waals surface area contributed by atoms with Gasteiger partial charge >= 0.3 is 0 Å². The van der Waals surface area contributed by atoms with Crippen LogP contribution in [0.4, 0.5) is 0 Å². The van der Waals surface area contributed by atoms with E-state index in [1.54, 1.807) is 12.3 Å². The van der Waals surface area contributed by atoms with E-state index in [1.807, 2.05) is 51.1 Å². The summed E-state index contributed by atoms with van der Waals surface area (Å²) in [5.41, 5.74) is 7.59. The predicted octanol–water partition coefficient (Wildman–Crippen LogP) is 3.49. The summed E-state index contributed by atoms with van der Waals surface area (Å²) in [6.45, 7) is 6.09. The zero-order valence-electron chi connectivity index (χ0n) is 11.6. The fraction of sp³-hybridized carbons (Fsp3) is 0.250. The predicted molar refractivity (Wildman–Crippen MR) is 80.3 cm³/mol. The number of fused-ring (bicyclic) bond motifs is 1. The number of benzene rings is 1. The summed E-state index contributed by atoms with van der Waals surface area (Å²) in [5, 5.41) is 10.3. The van der Waals surface area contributed by atoms with Gasteiger partial charge in [0.2, 0.25) is 0 Å². The summed E-state index contributed by atoms with van der Waals surface area (Å²) in [6.07, 6.45) is 3.43. The standard InChI is InChI=1S/C16H19N3/c1-16(2,3)14(18)10-13(17)15-12-7-5-4-6-11(12)8-9-19-15/h4-10,17H,18H2,1-3H3. The van der Waals surface area contributed by atoms with E-state index in [2.05, 4.69) is 4.98 Å². The lowest BCUT2D eigenvalue weighted by Crippen LogP contribution is -2.18. The van der Waals surface area contributed by atoms with E-state index in [-0.39, 0.29) is 5.41 Å². The maximum absolute atomic E-state index is 8.20. The van der Waals surface area contributed by atoms with Gasteiger partial charge in [-0.15, -0.1) is 0 Å². The summed E-state index contributed by atoms with van der Waals surface area (Å²) in [7, 11) is 0. The highest BCUT2D eigenvalue weighted by molar-refractivity contribution is 6.13. The lowest BCUT2D eigenvalue weighted by molar-refractivity contribution is 0.498. The van der Waals surface area contributed by atoms with Gasteiger partial charge in [-0.2, -0.15) is 0 Å². The molecule has 98 valence electrons. The van der Waals surface area contributed by atoms with Crippen LogP contribution in [-0.2, 0) is 0 Å². The largest absolute Gasteiger partial charge is 0.402 e. The van der Waals surface area contributed by atoms with Gasteiger partial charge in [-0.1, -0.05) is 45.0 Å². The number of nitrogens with two attached hydrogens (primary N) is 1. The highest BCUT2D eigenvalue weighted by Crippen LogP contribution is 2.22. The molecule has 0 radical (unpaired) electrons. The second-order valence-corrected chi connectivity index (χ2v) is 5.64. The van der Waals surface area contributed by atoms with Crippen LogP contribution in [0, 0.1) is 10.8 Å². The maximum atomic E-state index is 8.20. The van der Waals surface area contributed by atoms with Gasteiger partial charge in [-0.25, -0.2) is 0 Å². The van der Waals surface area contributed by atoms with Crippen LogP contribution < -0.4 is 5.73 Å². The Kier molecular flexibility index (Phi) is 3.38. The SMILES string of the molecule is CC(C)(C)C(N)=CC(=N)c1nccc2ccccc12. The molecule has 3 nitrogen and oxygen atoms in total. The first kappa shape index (κ1) is 13.3. The Morgan fingerprint density at radius 3 is 2.58 bits per heavy atom. The number of rotatable bonds is 2. The van der Waals surface area contributed by atoms with Crippen molar-refractivity contribution in [2.45, 2.75) is 20.8 Å². The molecule has 3 N–H and O–H groups in total. The van der Waals surface area contributed by atoms with E-state index >= 15 is 0 Å². The monoisotopic (exact) mass is 253 g/mol. The van der Waals surface area contributed by atoms with Crippen LogP contribution in [-0.4, -0.2) is 10.7 Å². The summed E-state index contributed by atoms with van der Waals surface area (Å²) in [5.74, 6) is 0. The van der Waals surface area contributed by atoms with Crippen LogP contribution in [0.15, 0.2) is 48.3 Å². The first-order valence-electron chi connectivity index (χ1n) is 6.30. The highest BCUT2D eigenvalue weighted by Gasteiger charge is 2.15. The van der Waals surface area contributed by atoms with Crippen molar-refractivity contribution < 1.29 is 0 Å². The Hall–Kier alpha value is -2.16. The van der Waals surface area contributed by atoms with Crippen LogP contribution in [0.2, 0.25) is 0 Å². The van der Waals surface area contributed by atoms with E-state index in [0.717, 1.165) is 10.8 Å². The molecule has 0 aliphatic rings. The molecule has 0 fully saturated rings. The zero-order chi connectivity index (χ0) is 14.0. The molecule has 3 heteroatoms. The van der Waals surface area contributed by atoms with Crippen molar-refractivity contribution in [3.8, 4) is 0 Å². The lowest BCUT2D eigenvalue weighted by atomic mass is 9.91. The number of aromatic nitrogens is 1. The molecule has 0 aliphatic carbocycles. The van der Waals surface area contributed by atoms with Gasteiger partial charge in [-0.3, -0.25) is 10.4 Å². The minimum Gasteiger partial charge on any atom is -0.402 e. The molecule has 2 rings (SSSR count). The van der Waals surface area contributed by atoms with Crippen molar-refractivity contribution >= 4 is 16.5 Å². The third-order valence-corrected chi connectivity index (χ3v) is 3.09. The summed E-state index contributed by atoms with van der Waals surface area (Å²) in [4.78, 5) is 4.32. The Bertz CT molecular complexity index is 643. The van der Waals surface area contributed by atoms with Gasteiger partial charge in [0, 0.05) is 22.7 Å². The van der Waals surface area contributed by atoms with Crippen molar-refractivity contribution in [2.75, 3.05) is 0 Å². The van der Waals surface area contributed by atoms with Crippen molar-refractivity contribution in [2.24, 2.45) is 11.1 Å². The number of hydrogen-bond donors (Lipinski definition) is 2. The Labute approximate surface area is 113 Å². The highest BCUT2D eigenvalue weighted by atomic mass is 14.7. The Morgan fingerprint density at radius 2 is 1.89 bits per heavy atom. The van der Waals surface area contributed by atoms with Crippen molar-refractivity contribution in [3.63, 3.8) is 0 Å². The third-order valence-electron chi connectivity index (χ3n) is 3.09. The van der Waals surface area contributed by atoms with Gasteiger partial charge < -0.3 is 5.73 Å². The quantitative estimate of drug-likeness (QED) is 0.805. The van der Waals surface area contributed by atoms with Gasteiger partial charge in [-0.05, 0) is 17.5 Å². The molecule has 1 heterocycles. The molecule has 1 aromatic heterocycles. The molecule has 0 unspecified atom stereocenters. The summed E-state index contributed by atoms with van der Waals surface area (Å²) in [6, 6.07) is 9.88. The molecule has 0 bridgehead atoms. The Morgan fingerprint density at radius 1 is 1.21 bits per heavy atom. The average molecular weight is 253 g/mol. The fourth-order valence-corrected chi connectivity index (χ4v) is 1.77. The minimum absolute atomic E-state index is 0.142. The molecule has 1 aromatic carbocycles. The number of pyridine rings is 1. The van der Waals surface area contributed by atoms with Crippen molar-refractivity contribution in [1.82, 2.24) is 4.98 Å². The van der Waals surface area contributed by atoms with E-state index in [1.165, 1.54) is 0 Å². The summed E-state index contributed by atoms with van der Waals surface area (Å²) >= 11 is 0. The second-order valence-electron chi connectivity index (χ2n) is 5.64. The van der Waals surface area contributed by atoms with E-state index in [4.69, 9.17) is 11.1 Å². The molecule has 0 saturated heterocycles. The minimum atomic E-state index is -0.142. The molecule has 19 heavy (non-hydrogen) atoms. The topological polar surface area (TPSA) is 62.8 Å². The molecular formula is C16H19N3. The molecule has 0 atom stereocenters. The zero-order valence-corrected chi connectivity index (χ0v) is 11.6. The van der Waals surface area contributed by atoms with E-state index in [0.29, 0.717) is 17.1 Å². The van der Waals surface area contributed by atoms with E-state index < -0.39 is 0 Å². The molecule has 2 aromatic rings. The van der Waals surface area contributed by atoms with Crippen LogP contribution in [0.3, 0.4) is 0 Å². The van der Waals surface area contributed by atoms with Gasteiger partial charge in [0.05, 0.1) is 11.4 Å². The fourth-order valence-electron chi connectivity index (χ4n) is 1.77. The molecular weight excluding hydrogens is 234 g/mol. The van der Waals surface area contributed by atoms with Gasteiger partial charge in [0.25, 0.3) is 0 Å². The molecule has 0 aliphatic heterocycles. The lowest BCUT2D eigenvalue weighted by Gasteiger charge is -2.19. The average Bonchev–Trinajstić information content (AvgIpc) is 2.36. The number of hydrogen-bond acceptors (Lipinski definition) is 3. The molecule has 0 saturated carbocycles. The summed E-state index contributed by atoms with van der Waals surface area (Å²) < 4.78 is 0.